The highest BCUT2D eigenvalue weighted by atomic mass is 127. The summed E-state index contributed by atoms with van der Waals surface area (Å²) in [6.45, 7) is -0.286. The monoisotopic (exact) mass is 400 g/mol. The summed E-state index contributed by atoms with van der Waals surface area (Å²) < 4.78 is 5.82. The van der Waals surface area contributed by atoms with Crippen molar-refractivity contribution in [3.63, 3.8) is 0 Å². The van der Waals surface area contributed by atoms with Crippen LogP contribution in [0.15, 0.2) is 48.5 Å². The molecular weight excluding hydrogens is 391 g/mol. The van der Waals surface area contributed by atoms with Crippen LogP contribution in [-0.2, 0) is 4.74 Å². The van der Waals surface area contributed by atoms with Gasteiger partial charge in [0, 0.05) is 14.2 Å². The maximum Gasteiger partial charge on any atom is 0.339 e. The number of Topliss-reactive ketones (excluding diaryl/α,β-unsaturated/α-hetero) is 1. The van der Waals surface area contributed by atoms with E-state index in [0.717, 1.165) is 3.57 Å². The SMILES string of the molecule is O=C(COC(=O)c1ccccc1I)c1ccc(Cl)cc1. The Morgan fingerprint density at radius 1 is 1.05 bits per heavy atom. The molecule has 2 rings (SSSR count). The maximum absolute atomic E-state index is 11.9. The van der Waals surface area contributed by atoms with Crippen molar-refractivity contribution in [2.24, 2.45) is 0 Å². The third kappa shape index (κ3) is 3.80. The second-order valence-electron chi connectivity index (χ2n) is 3.99. The summed E-state index contributed by atoms with van der Waals surface area (Å²) in [5.74, 6) is -0.765. The number of hydrogen-bond acceptors (Lipinski definition) is 3. The van der Waals surface area contributed by atoms with Crippen molar-refractivity contribution in [1.82, 2.24) is 0 Å². The Labute approximate surface area is 135 Å². The topological polar surface area (TPSA) is 43.4 Å². The highest BCUT2D eigenvalue weighted by Crippen LogP contribution is 2.13. The van der Waals surface area contributed by atoms with E-state index in [2.05, 4.69) is 0 Å². The fourth-order valence-electron chi connectivity index (χ4n) is 1.55. The number of carbonyl (C=O) groups is 2. The van der Waals surface area contributed by atoms with Gasteiger partial charge in [-0.3, -0.25) is 4.79 Å². The molecule has 0 fully saturated rings. The van der Waals surface area contributed by atoms with E-state index in [0.29, 0.717) is 16.1 Å². The van der Waals surface area contributed by atoms with Crippen LogP contribution in [0, 0.1) is 3.57 Å². The Morgan fingerprint density at radius 2 is 1.70 bits per heavy atom. The van der Waals surface area contributed by atoms with E-state index in [1.54, 1.807) is 42.5 Å². The number of hydrogen-bond donors (Lipinski definition) is 0. The van der Waals surface area contributed by atoms with Gasteiger partial charge in [0.1, 0.15) is 0 Å². The number of esters is 1. The van der Waals surface area contributed by atoms with Crippen LogP contribution >= 0.6 is 34.2 Å². The van der Waals surface area contributed by atoms with Crippen molar-refractivity contribution >= 4 is 45.9 Å². The lowest BCUT2D eigenvalue weighted by Gasteiger charge is -2.06. The standard InChI is InChI=1S/C15H10ClIO3/c16-11-7-5-10(6-8-11)14(18)9-20-15(19)12-3-1-2-4-13(12)17/h1-8H,9H2. The van der Waals surface area contributed by atoms with Crippen LogP contribution in [0.3, 0.4) is 0 Å². The molecule has 0 aromatic heterocycles. The van der Waals surface area contributed by atoms with E-state index < -0.39 is 5.97 Å². The van der Waals surface area contributed by atoms with E-state index in [1.807, 2.05) is 28.7 Å². The van der Waals surface area contributed by atoms with Gasteiger partial charge in [0.15, 0.2) is 12.4 Å². The molecule has 0 saturated carbocycles. The summed E-state index contributed by atoms with van der Waals surface area (Å²) >= 11 is 7.79. The highest BCUT2D eigenvalue weighted by molar-refractivity contribution is 14.1. The van der Waals surface area contributed by atoms with Crippen molar-refractivity contribution in [1.29, 1.82) is 0 Å². The molecule has 0 unspecified atom stereocenters. The van der Waals surface area contributed by atoms with Crippen molar-refractivity contribution in [2.75, 3.05) is 6.61 Å². The molecule has 0 heterocycles. The number of carbonyl (C=O) groups excluding carboxylic acids is 2. The fraction of sp³-hybridized carbons (Fsp3) is 0.0667. The number of halogens is 2. The highest BCUT2D eigenvalue weighted by Gasteiger charge is 2.13. The van der Waals surface area contributed by atoms with Crippen LogP contribution in [-0.4, -0.2) is 18.4 Å². The summed E-state index contributed by atoms with van der Waals surface area (Å²) in [4.78, 5) is 23.7. The predicted octanol–water partition coefficient (Wildman–Crippen LogP) is 3.98. The van der Waals surface area contributed by atoms with Crippen LogP contribution in [0.1, 0.15) is 20.7 Å². The van der Waals surface area contributed by atoms with Gasteiger partial charge in [-0.15, -0.1) is 0 Å². The Bertz CT molecular complexity index is 638. The molecule has 102 valence electrons. The van der Waals surface area contributed by atoms with Gasteiger partial charge in [-0.05, 0) is 59.0 Å². The summed E-state index contributed by atoms with van der Waals surface area (Å²) in [5, 5.41) is 0.553. The van der Waals surface area contributed by atoms with Crippen LogP contribution < -0.4 is 0 Å². The quantitative estimate of drug-likeness (QED) is 0.443. The van der Waals surface area contributed by atoms with E-state index in [9.17, 15) is 9.59 Å². The molecule has 0 aliphatic carbocycles. The zero-order valence-electron chi connectivity index (χ0n) is 10.3. The van der Waals surface area contributed by atoms with E-state index in [1.165, 1.54) is 0 Å². The third-order valence-corrected chi connectivity index (χ3v) is 3.79. The van der Waals surface area contributed by atoms with Crippen LogP contribution in [0.2, 0.25) is 5.02 Å². The van der Waals surface area contributed by atoms with Crippen molar-refractivity contribution in [3.8, 4) is 0 Å². The molecule has 0 aliphatic rings. The van der Waals surface area contributed by atoms with Crippen molar-refractivity contribution in [3.05, 3.63) is 68.3 Å². The van der Waals surface area contributed by atoms with Gasteiger partial charge in [0.2, 0.25) is 0 Å². The molecule has 3 nitrogen and oxygen atoms in total. The molecule has 0 amide bonds. The number of ether oxygens (including phenoxy) is 1. The second kappa shape index (κ2) is 6.85. The van der Waals surface area contributed by atoms with Crippen molar-refractivity contribution in [2.45, 2.75) is 0 Å². The first-order chi connectivity index (χ1) is 9.58. The zero-order chi connectivity index (χ0) is 14.5. The third-order valence-electron chi connectivity index (χ3n) is 2.59. The summed E-state index contributed by atoms with van der Waals surface area (Å²) in [6, 6.07) is 13.5. The molecule has 0 saturated heterocycles. The maximum atomic E-state index is 11.9. The molecule has 0 N–H and O–H groups in total. The molecular formula is C15H10ClIO3. The van der Waals surface area contributed by atoms with Gasteiger partial charge in [-0.25, -0.2) is 4.79 Å². The molecule has 2 aromatic rings. The first kappa shape index (κ1) is 15.0. The lowest BCUT2D eigenvalue weighted by atomic mass is 10.1. The minimum atomic E-state index is -0.502. The average molecular weight is 401 g/mol. The Balaban J connectivity index is 1.99. The average Bonchev–Trinajstić information content (AvgIpc) is 2.45. The van der Waals surface area contributed by atoms with Gasteiger partial charge in [0.05, 0.1) is 5.56 Å². The Morgan fingerprint density at radius 3 is 2.35 bits per heavy atom. The lowest BCUT2D eigenvalue weighted by Crippen LogP contribution is -2.15. The molecule has 0 radical (unpaired) electrons. The second-order valence-corrected chi connectivity index (χ2v) is 5.58. The molecule has 20 heavy (non-hydrogen) atoms. The summed E-state index contributed by atoms with van der Waals surface area (Å²) in [6.07, 6.45) is 0. The predicted molar refractivity (Wildman–Crippen MR) is 85.2 cm³/mol. The molecule has 2 aromatic carbocycles. The number of rotatable bonds is 4. The fourth-order valence-corrected chi connectivity index (χ4v) is 2.29. The van der Waals surface area contributed by atoms with Crippen LogP contribution in [0.25, 0.3) is 0 Å². The molecule has 0 atom stereocenters. The molecule has 0 aliphatic heterocycles. The Hall–Kier alpha value is -1.40. The molecule has 0 spiro atoms. The van der Waals surface area contributed by atoms with Gasteiger partial charge in [0.25, 0.3) is 0 Å². The number of ketones is 1. The zero-order valence-corrected chi connectivity index (χ0v) is 13.2. The van der Waals surface area contributed by atoms with E-state index in [4.69, 9.17) is 16.3 Å². The largest absolute Gasteiger partial charge is 0.454 e. The van der Waals surface area contributed by atoms with E-state index >= 15 is 0 Å². The first-order valence-corrected chi connectivity index (χ1v) is 7.24. The van der Waals surface area contributed by atoms with Gasteiger partial charge < -0.3 is 4.74 Å². The lowest BCUT2D eigenvalue weighted by molar-refractivity contribution is 0.0473. The molecule has 0 bridgehead atoms. The number of benzene rings is 2. The molecule has 5 heteroatoms. The minimum absolute atomic E-state index is 0.263. The van der Waals surface area contributed by atoms with Crippen LogP contribution in [0.5, 0.6) is 0 Å². The smallest absolute Gasteiger partial charge is 0.339 e. The minimum Gasteiger partial charge on any atom is -0.454 e. The van der Waals surface area contributed by atoms with Crippen LogP contribution in [0.4, 0.5) is 0 Å². The van der Waals surface area contributed by atoms with Gasteiger partial charge in [-0.1, -0.05) is 23.7 Å². The van der Waals surface area contributed by atoms with E-state index in [-0.39, 0.29) is 12.4 Å². The Kier molecular flexibility index (Phi) is 5.14. The van der Waals surface area contributed by atoms with Crippen molar-refractivity contribution < 1.29 is 14.3 Å². The normalized spacial score (nSPS) is 10.1. The van der Waals surface area contributed by atoms with Gasteiger partial charge >= 0.3 is 5.97 Å². The summed E-state index contributed by atoms with van der Waals surface area (Å²) in [5.41, 5.74) is 0.918. The van der Waals surface area contributed by atoms with Gasteiger partial charge in [-0.2, -0.15) is 0 Å². The first-order valence-electron chi connectivity index (χ1n) is 5.78. The summed E-state index contributed by atoms with van der Waals surface area (Å²) in [7, 11) is 0.